The number of benzene rings is 1. The predicted octanol–water partition coefficient (Wildman–Crippen LogP) is 3.29. The Hall–Kier alpha value is -1.07. The fourth-order valence-electron chi connectivity index (χ4n) is 1.46. The summed E-state index contributed by atoms with van der Waals surface area (Å²) in [5.74, 6) is -2.33. The molecule has 0 saturated carbocycles. The van der Waals surface area contributed by atoms with E-state index in [2.05, 4.69) is 0 Å². The van der Waals surface area contributed by atoms with Gasteiger partial charge in [0.15, 0.2) is 5.91 Å². The van der Waals surface area contributed by atoms with Crippen LogP contribution >= 0.6 is 19.7 Å². The number of carbonyl (C=O) groups is 1. The number of nitrogens with two attached hydrogens (primary N) is 1. The molecule has 0 aliphatic heterocycles. The number of primary amides is 1. The first kappa shape index (κ1) is 16.0. The lowest BCUT2D eigenvalue weighted by molar-refractivity contribution is 0.100. The van der Waals surface area contributed by atoms with Crippen molar-refractivity contribution in [2.24, 2.45) is 5.73 Å². The number of rotatable bonds is 3. The van der Waals surface area contributed by atoms with Crippen molar-refractivity contribution in [1.29, 1.82) is 0 Å². The summed E-state index contributed by atoms with van der Waals surface area (Å²) in [4.78, 5) is 29.0. The summed E-state index contributed by atoms with van der Waals surface area (Å²) >= 11 is 1.22. The van der Waals surface area contributed by atoms with Gasteiger partial charge < -0.3 is 15.5 Å². The number of hydrogen-bond acceptors (Lipinski definition) is 4. The Balaban J connectivity index is 0.000000861. The van der Waals surface area contributed by atoms with Crippen LogP contribution in [0.5, 0.6) is 0 Å². The van der Waals surface area contributed by atoms with Gasteiger partial charge in [-0.1, -0.05) is 19.9 Å². The molecule has 4 N–H and O–H groups in total. The van der Waals surface area contributed by atoms with Crippen LogP contribution in [0.1, 0.15) is 35.0 Å². The zero-order valence-electron chi connectivity index (χ0n) is 10.5. The van der Waals surface area contributed by atoms with E-state index in [4.69, 9.17) is 15.5 Å². The second kappa shape index (κ2) is 6.91. The molecule has 0 radical (unpaired) electrons. The molecule has 0 spiro atoms. The molecule has 0 aliphatic rings. The number of alkyl halides is 1. The molecular weight excluding hydrogens is 288 g/mol. The van der Waals surface area contributed by atoms with Gasteiger partial charge in [0.1, 0.15) is 0 Å². The third-order valence-electron chi connectivity index (χ3n) is 2.26. The summed E-state index contributed by atoms with van der Waals surface area (Å²) in [5.41, 5.74) is 5.33. The first-order chi connectivity index (χ1) is 8.99. The third kappa shape index (κ3) is 3.70. The van der Waals surface area contributed by atoms with Crippen molar-refractivity contribution in [2.45, 2.75) is 19.8 Å². The van der Waals surface area contributed by atoms with Crippen LogP contribution in [-0.4, -0.2) is 15.7 Å². The minimum absolute atomic E-state index is 0.183. The highest BCUT2D eigenvalue weighted by Crippen LogP contribution is 2.45. The molecule has 1 atom stereocenters. The molecule has 0 aliphatic carbocycles. The van der Waals surface area contributed by atoms with E-state index < -0.39 is 20.2 Å². The summed E-state index contributed by atoms with van der Waals surface area (Å²) in [6.07, 6.45) is 0. The standard InChI is InChI=1S/C10H9FNO3PS.C2H6/c11-9(16(14)15)5-1-2-7-6(3-5)4-8(17-7)10(12)13;1-2/h1-4,9,14-15H,(H2,12,13);1-2H3. The first-order valence-electron chi connectivity index (χ1n) is 5.63. The Morgan fingerprint density at radius 1 is 1.37 bits per heavy atom. The predicted molar refractivity (Wildman–Crippen MR) is 76.9 cm³/mol. The molecule has 1 heterocycles. The van der Waals surface area contributed by atoms with E-state index in [1.807, 2.05) is 13.8 Å². The van der Waals surface area contributed by atoms with Crippen LogP contribution in [0.15, 0.2) is 24.3 Å². The highest BCUT2D eigenvalue weighted by atomic mass is 32.1. The molecule has 0 saturated heterocycles. The van der Waals surface area contributed by atoms with Crippen molar-refractivity contribution < 1.29 is 19.0 Å². The van der Waals surface area contributed by atoms with Crippen LogP contribution in [0.2, 0.25) is 0 Å². The monoisotopic (exact) mass is 303 g/mol. The van der Waals surface area contributed by atoms with Crippen molar-refractivity contribution in [3.8, 4) is 0 Å². The number of halogens is 1. The fourth-order valence-corrected chi connectivity index (χ4v) is 2.79. The fraction of sp³-hybridized carbons (Fsp3) is 0.250. The van der Waals surface area contributed by atoms with Crippen molar-refractivity contribution in [1.82, 2.24) is 0 Å². The lowest BCUT2D eigenvalue weighted by atomic mass is 10.2. The zero-order valence-corrected chi connectivity index (χ0v) is 12.2. The summed E-state index contributed by atoms with van der Waals surface area (Å²) in [7, 11) is -2.65. The SMILES string of the molecule is CC.NC(=O)c1cc2cc(C(F)P(O)O)ccc2s1. The summed E-state index contributed by atoms with van der Waals surface area (Å²) in [6, 6.07) is 6.16. The van der Waals surface area contributed by atoms with E-state index in [1.165, 1.54) is 23.5 Å². The second-order valence-electron chi connectivity index (χ2n) is 3.43. The van der Waals surface area contributed by atoms with Gasteiger partial charge in [-0.05, 0) is 29.1 Å². The van der Waals surface area contributed by atoms with Crippen molar-refractivity contribution in [2.75, 3.05) is 0 Å². The van der Waals surface area contributed by atoms with Gasteiger partial charge in [-0.3, -0.25) is 4.79 Å². The second-order valence-corrected chi connectivity index (χ2v) is 5.61. The lowest BCUT2D eigenvalue weighted by Gasteiger charge is -2.08. The average Bonchev–Trinajstić information content (AvgIpc) is 2.83. The highest BCUT2D eigenvalue weighted by molar-refractivity contribution is 7.45. The molecule has 19 heavy (non-hydrogen) atoms. The van der Waals surface area contributed by atoms with Gasteiger partial charge in [-0.25, -0.2) is 4.39 Å². The lowest BCUT2D eigenvalue weighted by Crippen LogP contribution is -2.07. The molecule has 0 bridgehead atoms. The topological polar surface area (TPSA) is 83.6 Å². The average molecular weight is 303 g/mol. The molecule has 104 valence electrons. The van der Waals surface area contributed by atoms with Gasteiger partial charge in [0, 0.05) is 4.70 Å². The summed E-state index contributed by atoms with van der Waals surface area (Å²) in [6.45, 7) is 4.00. The van der Waals surface area contributed by atoms with E-state index in [9.17, 15) is 9.18 Å². The van der Waals surface area contributed by atoms with Crippen LogP contribution in [0.3, 0.4) is 0 Å². The maximum absolute atomic E-state index is 13.4. The van der Waals surface area contributed by atoms with Gasteiger partial charge >= 0.3 is 0 Å². The number of amides is 1. The number of carbonyl (C=O) groups excluding carboxylic acids is 1. The zero-order chi connectivity index (χ0) is 14.6. The van der Waals surface area contributed by atoms with Crippen LogP contribution in [-0.2, 0) is 0 Å². The summed E-state index contributed by atoms with van der Waals surface area (Å²) in [5, 5.41) is 0.667. The Morgan fingerprint density at radius 2 is 2.00 bits per heavy atom. The van der Waals surface area contributed by atoms with E-state index >= 15 is 0 Å². The number of thiophene rings is 1. The smallest absolute Gasteiger partial charge is 0.258 e. The third-order valence-corrected chi connectivity index (χ3v) is 4.10. The first-order valence-corrected chi connectivity index (χ1v) is 7.76. The van der Waals surface area contributed by atoms with Crippen molar-refractivity contribution in [3.05, 3.63) is 34.7 Å². The van der Waals surface area contributed by atoms with E-state index in [0.29, 0.717) is 10.3 Å². The van der Waals surface area contributed by atoms with Crippen LogP contribution in [0.4, 0.5) is 4.39 Å². The van der Waals surface area contributed by atoms with Gasteiger partial charge in [0.2, 0.25) is 8.38 Å². The number of hydrogen-bond donors (Lipinski definition) is 3. The van der Waals surface area contributed by atoms with Crippen molar-refractivity contribution >= 4 is 35.7 Å². The minimum Gasteiger partial charge on any atom is -0.365 e. The Bertz CT molecular complexity index is 573. The maximum atomic E-state index is 13.4. The molecule has 1 aromatic carbocycles. The normalized spacial score (nSPS) is 12.1. The van der Waals surface area contributed by atoms with Gasteiger partial charge in [0.05, 0.1) is 4.88 Å². The minimum atomic E-state index is -2.65. The van der Waals surface area contributed by atoms with Crippen LogP contribution < -0.4 is 5.73 Å². The van der Waals surface area contributed by atoms with Crippen molar-refractivity contribution in [3.63, 3.8) is 0 Å². The maximum Gasteiger partial charge on any atom is 0.258 e. The molecule has 0 fully saturated rings. The molecule has 4 nitrogen and oxygen atoms in total. The van der Waals surface area contributed by atoms with E-state index in [-0.39, 0.29) is 5.56 Å². The molecule has 2 aromatic rings. The Morgan fingerprint density at radius 3 is 2.53 bits per heavy atom. The van der Waals surface area contributed by atoms with E-state index in [1.54, 1.807) is 12.1 Å². The van der Waals surface area contributed by atoms with Gasteiger partial charge in [-0.2, -0.15) is 0 Å². The quantitative estimate of drug-likeness (QED) is 0.761. The van der Waals surface area contributed by atoms with Crippen LogP contribution in [0, 0.1) is 0 Å². The molecule has 7 heteroatoms. The Kier molecular flexibility index (Phi) is 5.82. The largest absolute Gasteiger partial charge is 0.365 e. The molecule has 1 unspecified atom stereocenters. The number of fused-ring (bicyclic) bond motifs is 1. The molecule has 1 amide bonds. The van der Waals surface area contributed by atoms with Gasteiger partial charge in [0.25, 0.3) is 5.91 Å². The van der Waals surface area contributed by atoms with E-state index in [0.717, 1.165) is 4.70 Å². The Labute approximate surface area is 115 Å². The van der Waals surface area contributed by atoms with Crippen LogP contribution in [0.25, 0.3) is 10.1 Å². The molecule has 2 rings (SSSR count). The highest BCUT2D eigenvalue weighted by Gasteiger charge is 2.19. The molecule has 1 aromatic heterocycles. The molecular formula is C12H15FNO3PS. The summed E-state index contributed by atoms with van der Waals surface area (Å²) < 4.78 is 14.2. The van der Waals surface area contributed by atoms with Gasteiger partial charge in [-0.15, -0.1) is 11.3 Å².